The summed E-state index contributed by atoms with van der Waals surface area (Å²) in [5.41, 5.74) is 10.3. The van der Waals surface area contributed by atoms with Gasteiger partial charge in [-0.05, 0) is 94.4 Å². The maximum absolute atomic E-state index is 5.87. The Labute approximate surface area is 174 Å². The molecule has 0 spiro atoms. The lowest BCUT2D eigenvalue weighted by Gasteiger charge is -2.11. The SMILES string of the molecule is Cc1ccc(Nc2cc(Nc3ccc(C)c(I)c3)nc(N)n2)cc1I. The second kappa shape index (κ2) is 7.73. The van der Waals surface area contributed by atoms with E-state index in [1.807, 2.05) is 18.2 Å². The molecule has 128 valence electrons. The molecule has 0 atom stereocenters. The lowest BCUT2D eigenvalue weighted by molar-refractivity contribution is 1.18. The van der Waals surface area contributed by atoms with Gasteiger partial charge < -0.3 is 16.4 Å². The Morgan fingerprint density at radius 2 is 1.20 bits per heavy atom. The van der Waals surface area contributed by atoms with Crippen LogP contribution in [-0.2, 0) is 0 Å². The van der Waals surface area contributed by atoms with Crippen LogP contribution in [0.2, 0.25) is 0 Å². The number of aromatic nitrogens is 2. The zero-order chi connectivity index (χ0) is 18.0. The monoisotopic (exact) mass is 557 g/mol. The first-order valence-electron chi connectivity index (χ1n) is 7.61. The molecular formula is C18H17I2N5. The summed E-state index contributed by atoms with van der Waals surface area (Å²) in [4.78, 5) is 8.53. The van der Waals surface area contributed by atoms with Gasteiger partial charge in [0, 0.05) is 24.6 Å². The normalized spacial score (nSPS) is 10.6. The number of nitrogens with zero attached hydrogens (tertiary/aromatic N) is 2. The van der Waals surface area contributed by atoms with Gasteiger partial charge in [0.25, 0.3) is 0 Å². The standard InChI is InChI=1S/C18H17I2N5/c1-10-3-5-12(7-14(10)19)22-16-9-17(25-18(21)24-16)23-13-6-4-11(2)15(20)8-13/h3-9H,1-2H3,(H4,21,22,23,24,25). The van der Waals surface area contributed by atoms with E-state index in [1.54, 1.807) is 0 Å². The largest absolute Gasteiger partial charge is 0.368 e. The first-order valence-corrected chi connectivity index (χ1v) is 9.77. The Kier molecular flexibility index (Phi) is 5.62. The van der Waals surface area contributed by atoms with Crippen LogP contribution in [0, 0.1) is 21.0 Å². The summed E-state index contributed by atoms with van der Waals surface area (Å²) < 4.78 is 2.38. The Balaban J connectivity index is 1.84. The smallest absolute Gasteiger partial charge is 0.223 e. The van der Waals surface area contributed by atoms with Crippen molar-refractivity contribution in [2.24, 2.45) is 0 Å². The lowest BCUT2D eigenvalue weighted by atomic mass is 10.2. The van der Waals surface area contributed by atoms with Gasteiger partial charge in [0.15, 0.2) is 0 Å². The fourth-order valence-electron chi connectivity index (χ4n) is 2.23. The molecule has 1 aromatic heterocycles. The van der Waals surface area contributed by atoms with Crippen LogP contribution in [0.25, 0.3) is 0 Å². The number of hydrogen-bond acceptors (Lipinski definition) is 5. The quantitative estimate of drug-likeness (QED) is 0.377. The third kappa shape index (κ3) is 4.72. The van der Waals surface area contributed by atoms with Crippen LogP contribution in [-0.4, -0.2) is 9.97 Å². The van der Waals surface area contributed by atoms with Crippen LogP contribution in [0.3, 0.4) is 0 Å². The lowest BCUT2D eigenvalue weighted by Crippen LogP contribution is -2.04. The number of rotatable bonds is 4. The molecule has 0 aliphatic rings. The van der Waals surface area contributed by atoms with Gasteiger partial charge >= 0.3 is 0 Å². The molecule has 3 aromatic rings. The Morgan fingerprint density at radius 1 is 0.760 bits per heavy atom. The van der Waals surface area contributed by atoms with E-state index in [4.69, 9.17) is 5.73 Å². The summed E-state index contributed by atoms with van der Waals surface area (Å²) in [5.74, 6) is 1.52. The molecule has 0 radical (unpaired) electrons. The van der Waals surface area contributed by atoms with Crippen molar-refractivity contribution in [3.63, 3.8) is 0 Å². The molecule has 0 saturated heterocycles. The number of nitrogens with one attached hydrogen (secondary N) is 2. The second-order valence-corrected chi connectivity index (χ2v) is 8.00. The highest BCUT2D eigenvalue weighted by Crippen LogP contribution is 2.24. The number of aryl methyl sites for hydroxylation is 2. The first kappa shape index (κ1) is 18.2. The molecule has 2 aromatic carbocycles. The number of halogens is 2. The van der Waals surface area contributed by atoms with Crippen molar-refractivity contribution in [2.45, 2.75) is 13.8 Å². The molecular weight excluding hydrogens is 540 g/mol. The third-order valence-corrected chi connectivity index (χ3v) is 5.96. The van der Waals surface area contributed by atoms with Gasteiger partial charge in [0.1, 0.15) is 11.6 Å². The predicted molar refractivity (Wildman–Crippen MR) is 121 cm³/mol. The molecule has 0 bridgehead atoms. The van der Waals surface area contributed by atoms with Gasteiger partial charge in [-0.3, -0.25) is 0 Å². The highest BCUT2D eigenvalue weighted by Gasteiger charge is 2.06. The second-order valence-electron chi connectivity index (χ2n) is 5.67. The number of anilines is 5. The summed E-state index contributed by atoms with van der Waals surface area (Å²) in [6.07, 6.45) is 0. The number of nitrogens with two attached hydrogens (primary N) is 1. The molecule has 4 N–H and O–H groups in total. The van der Waals surface area contributed by atoms with E-state index in [9.17, 15) is 0 Å². The van der Waals surface area contributed by atoms with Crippen LogP contribution < -0.4 is 16.4 Å². The average molecular weight is 557 g/mol. The third-order valence-electron chi connectivity index (χ3n) is 3.63. The molecule has 1 heterocycles. The predicted octanol–water partition coefficient (Wildman–Crippen LogP) is 5.37. The fraction of sp³-hybridized carbons (Fsp3) is 0.111. The van der Waals surface area contributed by atoms with Gasteiger partial charge in [0.2, 0.25) is 5.95 Å². The van der Waals surface area contributed by atoms with E-state index in [-0.39, 0.29) is 5.95 Å². The minimum absolute atomic E-state index is 0.219. The average Bonchev–Trinajstić information content (AvgIpc) is 2.54. The zero-order valence-corrected chi connectivity index (χ0v) is 18.1. The van der Waals surface area contributed by atoms with Crippen LogP contribution in [0.4, 0.5) is 29.0 Å². The van der Waals surface area contributed by atoms with Crippen molar-refractivity contribution >= 4 is 74.1 Å². The molecule has 3 rings (SSSR count). The summed E-state index contributed by atoms with van der Waals surface area (Å²) in [6, 6.07) is 14.2. The molecule has 0 unspecified atom stereocenters. The van der Waals surface area contributed by atoms with E-state index >= 15 is 0 Å². The number of nitrogen functional groups attached to an aromatic ring is 1. The summed E-state index contributed by atoms with van der Waals surface area (Å²) in [5, 5.41) is 6.56. The molecule has 0 amide bonds. The van der Waals surface area contributed by atoms with Crippen molar-refractivity contribution in [3.05, 3.63) is 60.7 Å². The van der Waals surface area contributed by atoms with Crippen LogP contribution >= 0.6 is 45.2 Å². The van der Waals surface area contributed by atoms with E-state index in [0.717, 1.165) is 11.4 Å². The van der Waals surface area contributed by atoms with Gasteiger partial charge in [-0.2, -0.15) is 9.97 Å². The van der Waals surface area contributed by atoms with E-state index in [2.05, 4.69) is 104 Å². The van der Waals surface area contributed by atoms with Gasteiger partial charge in [-0.1, -0.05) is 12.1 Å². The number of benzene rings is 2. The summed E-state index contributed by atoms with van der Waals surface area (Å²) >= 11 is 4.63. The molecule has 0 fully saturated rings. The minimum atomic E-state index is 0.219. The van der Waals surface area contributed by atoms with Crippen molar-refractivity contribution in [1.82, 2.24) is 9.97 Å². The van der Waals surface area contributed by atoms with Crippen LogP contribution in [0.5, 0.6) is 0 Å². The minimum Gasteiger partial charge on any atom is -0.368 e. The maximum atomic E-state index is 5.87. The zero-order valence-electron chi connectivity index (χ0n) is 13.8. The maximum Gasteiger partial charge on any atom is 0.223 e. The molecule has 0 aliphatic heterocycles. The van der Waals surface area contributed by atoms with E-state index in [0.29, 0.717) is 11.6 Å². The fourth-order valence-corrected chi connectivity index (χ4v) is 3.26. The summed E-state index contributed by atoms with van der Waals surface area (Å²) in [6.45, 7) is 4.17. The molecule has 7 heteroatoms. The molecule has 0 aliphatic carbocycles. The summed E-state index contributed by atoms with van der Waals surface area (Å²) in [7, 11) is 0. The van der Waals surface area contributed by atoms with Gasteiger partial charge in [0.05, 0.1) is 0 Å². The number of hydrogen-bond donors (Lipinski definition) is 3. The Bertz CT molecular complexity index is 856. The van der Waals surface area contributed by atoms with Gasteiger partial charge in [-0.15, -0.1) is 0 Å². The Morgan fingerprint density at radius 3 is 1.60 bits per heavy atom. The van der Waals surface area contributed by atoms with Gasteiger partial charge in [-0.25, -0.2) is 0 Å². The first-order chi connectivity index (χ1) is 11.9. The topological polar surface area (TPSA) is 75.9 Å². The molecule has 0 saturated carbocycles. The van der Waals surface area contributed by atoms with Crippen molar-refractivity contribution in [2.75, 3.05) is 16.4 Å². The Hall–Kier alpha value is -1.62. The van der Waals surface area contributed by atoms with Crippen molar-refractivity contribution in [3.8, 4) is 0 Å². The van der Waals surface area contributed by atoms with Crippen molar-refractivity contribution in [1.29, 1.82) is 0 Å². The van der Waals surface area contributed by atoms with E-state index in [1.165, 1.54) is 18.3 Å². The van der Waals surface area contributed by atoms with Crippen molar-refractivity contribution < 1.29 is 0 Å². The highest BCUT2D eigenvalue weighted by atomic mass is 127. The molecule has 25 heavy (non-hydrogen) atoms. The van der Waals surface area contributed by atoms with Crippen LogP contribution in [0.1, 0.15) is 11.1 Å². The molecule has 5 nitrogen and oxygen atoms in total. The van der Waals surface area contributed by atoms with E-state index < -0.39 is 0 Å². The highest BCUT2D eigenvalue weighted by molar-refractivity contribution is 14.1. The van der Waals surface area contributed by atoms with Crippen LogP contribution in [0.15, 0.2) is 42.5 Å².